The Labute approximate surface area is 111 Å². The van der Waals surface area contributed by atoms with E-state index in [-0.39, 0.29) is 5.92 Å². The number of nitrogens with one attached hydrogen (secondary N) is 1. The van der Waals surface area contributed by atoms with Gasteiger partial charge in [0.2, 0.25) is 0 Å². The first-order valence-electron chi connectivity index (χ1n) is 6.01. The van der Waals surface area contributed by atoms with Gasteiger partial charge in [0.1, 0.15) is 5.82 Å². The third-order valence-corrected chi connectivity index (χ3v) is 2.85. The molecule has 0 radical (unpaired) electrons. The van der Waals surface area contributed by atoms with Crippen LogP contribution >= 0.6 is 0 Å². The van der Waals surface area contributed by atoms with Crippen molar-refractivity contribution in [1.82, 2.24) is 15.2 Å². The monoisotopic (exact) mass is 262 g/mol. The molecule has 0 fully saturated rings. The van der Waals surface area contributed by atoms with Crippen molar-refractivity contribution < 1.29 is 9.47 Å². The van der Waals surface area contributed by atoms with Crippen LogP contribution < -0.4 is 15.2 Å². The fourth-order valence-electron chi connectivity index (χ4n) is 1.74. The van der Waals surface area contributed by atoms with E-state index in [0.717, 1.165) is 11.4 Å². The molecule has 6 nitrogen and oxygen atoms in total. The molecule has 0 bridgehead atoms. The van der Waals surface area contributed by atoms with Crippen LogP contribution in [-0.4, -0.2) is 29.4 Å². The summed E-state index contributed by atoms with van der Waals surface area (Å²) in [5.74, 6) is 2.85. The van der Waals surface area contributed by atoms with Gasteiger partial charge in [0.25, 0.3) is 0 Å². The number of nitrogens with two attached hydrogens (primary N) is 1. The van der Waals surface area contributed by atoms with Gasteiger partial charge in [-0.25, -0.2) is 4.98 Å². The number of hydrogen-bond acceptors (Lipinski definition) is 5. The highest BCUT2D eigenvalue weighted by atomic mass is 16.5. The molecule has 1 heterocycles. The number of nitrogen functional groups attached to an aromatic ring is 1. The van der Waals surface area contributed by atoms with Crippen LogP contribution in [0.4, 0.5) is 5.69 Å². The topological polar surface area (TPSA) is 86.0 Å². The van der Waals surface area contributed by atoms with E-state index in [4.69, 9.17) is 15.2 Å². The summed E-state index contributed by atoms with van der Waals surface area (Å²) < 4.78 is 10.5. The third-order valence-electron chi connectivity index (χ3n) is 2.85. The molecule has 3 N–H and O–H groups in total. The highest BCUT2D eigenvalue weighted by Crippen LogP contribution is 2.36. The summed E-state index contributed by atoms with van der Waals surface area (Å²) in [6.07, 6.45) is 0. The fraction of sp³-hybridized carbons (Fsp3) is 0.385. The van der Waals surface area contributed by atoms with Gasteiger partial charge >= 0.3 is 0 Å². The number of hydrogen-bond donors (Lipinski definition) is 2. The first-order valence-corrected chi connectivity index (χ1v) is 6.01. The van der Waals surface area contributed by atoms with Crippen molar-refractivity contribution in [2.45, 2.75) is 19.8 Å². The summed E-state index contributed by atoms with van der Waals surface area (Å²) in [6, 6.07) is 3.49. The van der Waals surface area contributed by atoms with Gasteiger partial charge < -0.3 is 15.2 Å². The van der Waals surface area contributed by atoms with E-state index in [2.05, 4.69) is 15.2 Å². The Balaban J connectivity index is 2.49. The Morgan fingerprint density at radius 2 is 1.79 bits per heavy atom. The zero-order valence-electron chi connectivity index (χ0n) is 11.5. The highest BCUT2D eigenvalue weighted by molar-refractivity contribution is 5.75. The number of methoxy groups -OCH3 is 2. The molecule has 102 valence electrons. The molecule has 0 aliphatic rings. The highest BCUT2D eigenvalue weighted by Gasteiger charge is 2.15. The molecule has 0 aliphatic heterocycles. The van der Waals surface area contributed by atoms with Gasteiger partial charge in [-0.05, 0) is 6.07 Å². The predicted octanol–water partition coefficient (Wildman–Crippen LogP) is 2.19. The van der Waals surface area contributed by atoms with Crippen LogP contribution in [0, 0.1) is 0 Å². The van der Waals surface area contributed by atoms with Crippen molar-refractivity contribution in [2.75, 3.05) is 20.0 Å². The number of nitrogens with zero attached hydrogens (tertiary/aromatic N) is 2. The van der Waals surface area contributed by atoms with Crippen LogP contribution in [0.5, 0.6) is 11.5 Å². The molecule has 0 unspecified atom stereocenters. The molecule has 0 spiro atoms. The van der Waals surface area contributed by atoms with E-state index >= 15 is 0 Å². The fourth-order valence-corrected chi connectivity index (χ4v) is 1.74. The summed E-state index contributed by atoms with van der Waals surface area (Å²) in [5, 5.41) is 7.10. The van der Waals surface area contributed by atoms with Gasteiger partial charge in [-0.1, -0.05) is 13.8 Å². The Hall–Kier alpha value is -2.24. The molecule has 2 rings (SSSR count). The molecule has 1 aromatic heterocycles. The second kappa shape index (κ2) is 5.17. The van der Waals surface area contributed by atoms with Crippen molar-refractivity contribution >= 4 is 5.69 Å². The maximum Gasteiger partial charge on any atom is 0.183 e. The van der Waals surface area contributed by atoms with E-state index in [1.807, 2.05) is 13.8 Å². The molecule has 0 atom stereocenters. The molecule has 0 saturated carbocycles. The Morgan fingerprint density at radius 1 is 1.16 bits per heavy atom. The average molecular weight is 262 g/mol. The lowest BCUT2D eigenvalue weighted by molar-refractivity contribution is 0.355. The maximum absolute atomic E-state index is 6.01. The first-order chi connectivity index (χ1) is 9.06. The predicted molar refractivity (Wildman–Crippen MR) is 73.4 cm³/mol. The van der Waals surface area contributed by atoms with Crippen molar-refractivity contribution in [3.8, 4) is 22.9 Å². The van der Waals surface area contributed by atoms with Crippen molar-refractivity contribution in [3.05, 3.63) is 18.0 Å². The van der Waals surface area contributed by atoms with Gasteiger partial charge in [-0.3, -0.25) is 5.10 Å². The maximum atomic E-state index is 6.01. The van der Waals surface area contributed by atoms with E-state index in [1.165, 1.54) is 0 Å². The lowest BCUT2D eigenvalue weighted by atomic mass is 10.1. The molecule has 6 heteroatoms. The minimum Gasteiger partial charge on any atom is -0.493 e. The Morgan fingerprint density at radius 3 is 2.32 bits per heavy atom. The van der Waals surface area contributed by atoms with E-state index in [0.29, 0.717) is 23.0 Å². The normalized spacial score (nSPS) is 10.8. The number of rotatable bonds is 4. The van der Waals surface area contributed by atoms with E-state index < -0.39 is 0 Å². The van der Waals surface area contributed by atoms with E-state index in [1.54, 1.807) is 26.4 Å². The Bertz CT molecular complexity index is 578. The number of aromatic amines is 1. The third kappa shape index (κ3) is 2.47. The lowest BCUT2D eigenvalue weighted by Gasteiger charge is -2.10. The molecular weight excluding hydrogens is 244 g/mol. The molecule has 1 aromatic carbocycles. The van der Waals surface area contributed by atoms with Crippen LogP contribution in [0.1, 0.15) is 25.6 Å². The van der Waals surface area contributed by atoms with Gasteiger partial charge in [0.05, 0.1) is 14.2 Å². The molecular formula is C13H18N4O2. The van der Waals surface area contributed by atoms with Crippen molar-refractivity contribution in [1.29, 1.82) is 0 Å². The van der Waals surface area contributed by atoms with Crippen LogP contribution in [0.15, 0.2) is 12.1 Å². The number of H-pyrrole nitrogens is 1. The van der Waals surface area contributed by atoms with Gasteiger partial charge in [0.15, 0.2) is 17.3 Å². The molecule has 0 saturated heterocycles. The number of benzene rings is 1. The summed E-state index contributed by atoms with van der Waals surface area (Å²) in [7, 11) is 3.15. The summed E-state index contributed by atoms with van der Waals surface area (Å²) in [6.45, 7) is 4.09. The summed E-state index contributed by atoms with van der Waals surface area (Å²) in [4.78, 5) is 4.43. The second-order valence-electron chi connectivity index (χ2n) is 4.49. The summed E-state index contributed by atoms with van der Waals surface area (Å²) >= 11 is 0. The average Bonchev–Trinajstić information content (AvgIpc) is 2.87. The molecule has 0 aliphatic carbocycles. The standard InChI is InChI=1S/C13H18N4O2/c1-7(2)12-15-13(17-16-12)8-5-10(18-3)11(19-4)6-9(8)14/h5-7H,14H2,1-4H3,(H,15,16,17). The second-order valence-corrected chi connectivity index (χ2v) is 4.49. The number of ether oxygens (including phenoxy) is 2. The number of aromatic nitrogens is 3. The quantitative estimate of drug-likeness (QED) is 0.825. The first kappa shape index (κ1) is 13.2. The molecule has 0 amide bonds. The van der Waals surface area contributed by atoms with Crippen LogP contribution in [-0.2, 0) is 0 Å². The van der Waals surface area contributed by atoms with Gasteiger partial charge in [0, 0.05) is 23.2 Å². The lowest BCUT2D eigenvalue weighted by Crippen LogP contribution is -1.97. The van der Waals surface area contributed by atoms with Crippen LogP contribution in [0.3, 0.4) is 0 Å². The largest absolute Gasteiger partial charge is 0.493 e. The van der Waals surface area contributed by atoms with E-state index in [9.17, 15) is 0 Å². The van der Waals surface area contributed by atoms with Crippen LogP contribution in [0.2, 0.25) is 0 Å². The van der Waals surface area contributed by atoms with Gasteiger partial charge in [-0.15, -0.1) is 0 Å². The number of anilines is 1. The smallest absolute Gasteiger partial charge is 0.183 e. The minimum atomic E-state index is 0.280. The molecule has 19 heavy (non-hydrogen) atoms. The molecule has 2 aromatic rings. The minimum absolute atomic E-state index is 0.280. The van der Waals surface area contributed by atoms with Crippen molar-refractivity contribution in [3.63, 3.8) is 0 Å². The summed E-state index contributed by atoms with van der Waals surface area (Å²) in [5.41, 5.74) is 7.28. The van der Waals surface area contributed by atoms with Crippen molar-refractivity contribution in [2.24, 2.45) is 0 Å². The SMILES string of the molecule is COc1cc(N)c(-c2n[nH]c(C(C)C)n2)cc1OC. The zero-order valence-corrected chi connectivity index (χ0v) is 11.5. The van der Waals surface area contributed by atoms with Gasteiger partial charge in [-0.2, -0.15) is 5.10 Å². The van der Waals surface area contributed by atoms with Crippen LogP contribution in [0.25, 0.3) is 11.4 Å². The zero-order chi connectivity index (χ0) is 14.0. The Kier molecular flexibility index (Phi) is 3.59.